The first-order chi connectivity index (χ1) is 7.72. The summed E-state index contributed by atoms with van der Waals surface area (Å²) in [5.74, 6) is 1.31. The van der Waals surface area contributed by atoms with Gasteiger partial charge in [-0.1, -0.05) is 17.3 Å². The average Bonchev–Trinajstić information content (AvgIpc) is 2.81. The van der Waals surface area contributed by atoms with Crippen molar-refractivity contribution in [3.05, 3.63) is 41.5 Å². The Morgan fingerprint density at radius 1 is 1.44 bits per heavy atom. The lowest BCUT2D eigenvalue weighted by Crippen LogP contribution is -2.13. The smallest absolute Gasteiger partial charge is 0.213 e. The maximum atomic E-state index is 6.00. The minimum atomic E-state index is -0.372. The van der Waals surface area contributed by atoms with Crippen molar-refractivity contribution in [2.75, 3.05) is 7.11 Å². The number of benzene rings is 1. The molecular weight excluding hydrogens is 206 g/mol. The molecule has 0 amide bonds. The van der Waals surface area contributed by atoms with Gasteiger partial charge in [-0.25, -0.2) is 0 Å². The van der Waals surface area contributed by atoms with E-state index in [1.807, 2.05) is 25.1 Å². The van der Waals surface area contributed by atoms with E-state index < -0.39 is 0 Å². The molecule has 0 fully saturated rings. The molecule has 0 aliphatic heterocycles. The molecule has 16 heavy (non-hydrogen) atoms. The van der Waals surface area contributed by atoms with Crippen molar-refractivity contribution in [2.24, 2.45) is 5.73 Å². The molecule has 0 bridgehead atoms. The summed E-state index contributed by atoms with van der Waals surface area (Å²) < 4.78 is 9.85. The third-order valence-corrected chi connectivity index (χ3v) is 2.43. The highest BCUT2D eigenvalue weighted by molar-refractivity contribution is 5.38. The number of nitrogens with zero attached hydrogens (tertiary/aromatic N) is 2. The van der Waals surface area contributed by atoms with Crippen LogP contribution in [0.15, 0.2) is 29.1 Å². The summed E-state index contributed by atoms with van der Waals surface area (Å²) in [6.45, 7) is 1.96. The van der Waals surface area contributed by atoms with Gasteiger partial charge in [0.1, 0.15) is 5.75 Å². The maximum absolute atomic E-state index is 6.00. The molecule has 0 radical (unpaired) electrons. The van der Waals surface area contributed by atoms with Crippen molar-refractivity contribution >= 4 is 0 Å². The Kier molecular flexibility index (Phi) is 2.87. The van der Waals surface area contributed by atoms with Crippen LogP contribution in [0.2, 0.25) is 0 Å². The fourth-order valence-electron chi connectivity index (χ4n) is 1.56. The second kappa shape index (κ2) is 4.32. The average molecular weight is 219 g/mol. The normalized spacial score (nSPS) is 12.4. The van der Waals surface area contributed by atoms with Crippen molar-refractivity contribution in [1.29, 1.82) is 0 Å². The van der Waals surface area contributed by atoms with Gasteiger partial charge in [0, 0.05) is 0 Å². The number of nitrogens with two attached hydrogens (primary N) is 1. The molecule has 84 valence electrons. The van der Waals surface area contributed by atoms with E-state index in [4.69, 9.17) is 10.5 Å². The Morgan fingerprint density at radius 2 is 2.25 bits per heavy atom. The van der Waals surface area contributed by atoms with Crippen LogP contribution in [0.3, 0.4) is 0 Å². The lowest BCUT2D eigenvalue weighted by atomic mass is 10.0. The Labute approximate surface area is 93.2 Å². The lowest BCUT2D eigenvalue weighted by molar-refractivity contribution is 0.407. The van der Waals surface area contributed by atoms with Crippen LogP contribution in [-0.4, -0.2) is 17.3 Å². The molecule has 0 spiro atoms. The fourth-order valence-corrected chi connectivity index (χ4v) is 1.56. The van der Waals surface area contributed by atoms with Crippen molar-refractivity contribution < 1.29 is 9.26 Å². The van der Waals surface area contributed by atoms with E-state index in [-0.39, 0.29) is 6.04 Å². The van der Waals surface area contributed by atoms with Gasteiger partial charge in [0.25, 0.3) is 0 Å². The molecule has 0 saturated heterocycles. The van der Waals surface area contributed by atoms with Gasteiger partial charge in [0.15, 0.2) is 5.82 Å². The second-order valence-electron chi connectivity index (χ2n) is 3.50. The van der Waals surface area contributed by atoms with Crippen LogP contribution in [0.5, 0.6) is 5.75 Å². The number of hydrogen-bond acceptors (Lipinski definition) is 5. The Balaban J connectivity index is 2.31. The molecular formula is C11H13N3O2. The summed E-state index contributed by atoms with van der Waals surface area (Å²) in [4.78, 5) is 3.93. The van der Waals surface area contributed by atoms with E-state index in [9.17, 15) is 0 Å². The Morgan fingerprint density at radius 3 is 2.81 bits per heavy atom. The minimum absolute atomic E-state index is 0.372. The summed E-state index contributed by atoms with van der Waals surface area (Å²) in [6, 6.07) is 5.36. The number of ether oxygens (including phenoxy) is 1. The van der Waals surface area contributed by atoms with Crippen molar-refractivity contribution in [1.82, 2.24) is 10.1 Å². The molecule has 1 heterocycles. The molecule has 5 heteroatoms. The standard InChI is InChI=1S/C11H13N3O2/c1-7-5-8(3-4-9(7)15-2)10(12)11-13-6-16-14-11/h3-6,10H,12H2,1-2H3. The van der Waals surface area contributed by atoms with Gasteiger partial charge in [0.05, 0.1) is 13.2 Å². The van der Waals surface area contributed by atoms with Crippen LogP contribution in [-0.2, 0) is 0 Å². The van der Waals surface area contributed by atoms with Gasteiger partial charge < -0.3 is 15.0 Å². The van der Waals surface area contributed by atoms with Gasteiger partial charge in [-0.15, -0.1) is 0 Å². The molecule has 1 aromatic heterocycles. The van der Waals surface area contributed by atoms with Crippen LogP contribution in [0.4, 0.5) is 0 Å². The van der Waals surface area contributed by atoms with E-state index >= 15 is 0 Å². The number of hydrogen-bond donors (Lipinski definition) is 1. The van der Waals surface area contributed by atoms with E-state index in [0.717, 1.165) is 16.9 Å². The van der Waals surface area contributed by atoms with E-state index in [1.54, 1.807) is 7.11 Å². The topological polar surface area (TPSA) is 74.2 Å². The van der Waals surface area contributed by atoms with Gasteiger partial charge in [0.2, 0.25) is 6.39 Å². The Hall–Kier alpha value is -1.88. The first-order valence-corrected chi connectivity index (χ1v) is 4.88. The first-order valence-electron chi connectivity index (χ1n) is 4.88. The quantitative estimate of drug-likeness (QED) is 0.845. The fraction of sp³-hybridized carbons (Fsp3) is 0.273. The van der Waals surface area contributed by atoms with Gasteiger partial charge in [-0.05, 0) is 24.1 Å². The summed E-state index contributed by atoms with van der Waals surface area (Å²) in [5, 5.41) is 3.72. The van der Waals surface area contributed by atoms with Gasteiger partial charge >= 0.3 is 0 Å². The maximum Gasteiger partial charge on any atom is 0.213 e. The Bertz CT molecular complexity index is 468. The van der Waals surface area contributed by atoms with Crippen molar-refractivity contribution in [3.8, 4) is 5.75 Å². The van der Waals surface area contributed by atoms with Crippen LogP contribution in [0.25, 0.3) is 0 Å². The zero-order valence-electron chi connectivity index (χ0n) is 9.18. The number of methoxy groups -OCH3 is 1. The molecule has 1 atom stereocenters. The highest BCUT2D eigenvalue weighted by Crippen LogP contribution is 2.23. The van der Waals surface area contributed by atoms with Crippen LogP contribution >= 0.6 is 0 Å². The number of rotatable bonds is 3. The van der Waals surface area contributed by atoms with Gasteiger partial charge in [-0.2, -0.15) is 4.98 Å². The molecule has 5 nitrogen and oxygen atoms in total. The molecule has 2 N–H and O–H groups in total. The van der Waals surface area contributed by atoms with E-state index in [0.29, 0.717) is 5.82 Å². The molecule has 1 aromatic carbocycles. The predicted octanol–water partition coefficient (Wildman–Crippen LogP) is 1.43. The van der Waals surface area contributed by atoms with Crippen LogP contribution in [0.1, 0.15) is 23.0 Å². The zero-order chi connectivity index (χ0) is 11.5. The summed E-state index contributed by atoms with van der Waals surface area (Å²) in [6.07, 6.45) is 1.27. The summed E-state index contributed by atoms with van der Waals surface area (Å²) in [7, 11) is 1.64. The summed E-state index contributed by atoms with van der Waals surface area (Å²) in [5.41, 5.74) is 7.95. The molecule has 1 unspecified atom stereocenters. The van der Waals surface area contributed by atoms with Crippen molar-refractivity contribution in [3.63, 3.8) is 0 Å². The number of aromatic nitrogens is 2. The molecule has 0 aliphatic rings. The monoisotopic (exact) mass is 219 g/mol. The van der Waals surface area contributed by atoms with Crippen LogP contribution in [0, 0.1) is 6.92 Å². The first kappa shape index (κ1) is 10.6. The largest absolute Gasteiger partial charge is 0.496 e. The second-order valence-corrected chi connectivity index (χ2v) is 3.50. The highest BCUT2D eigenvalue weighted by atomic mass is 16.5. The minimum Gasteiger partial charge on any atom is -0.496 e. The summed E-state index contributed by atoms with van der Waals surface area (Å²) >= 11 is 0. The molecule has 2 rings (SSSR count). The third kappa shape index (κ3) is 1.90. The third-order valence-electron chi connectivity index (χ3n) is 2.43. The lowest BCUT2D eigenvalue weighted by Gasteiger charge is -2.10. The SMILES string of the molecule is COc1ccc(C(N)c2ncon2)cc1C. The highest BCUT2D eigenvalue weighted by Gasteiger charge is 2.14. The van der Waals surface area contributed by atoms with Gasteiger partial charge in [-0.3, -0.25) is 0 Å². The zero-order valence-corrected chi connectivity index (χ0v) is 9.18. The predicted molar refractivity (Wildman–Crippen MR) is 58.1 cm³/mol. The number of aryl methyl sites for hydroxylation is 1. The molecule has 2 aromatic rings. The molecule has 0 saturated carbocycles. The molecule has 0 aliphatic carbocycles. The van der Waals surface area contributed by atoms with Crippen LogP contribution < -0.4 is 10.5 Å². The van der Waals surface area contributed by atoms with E-state index in [1.165, 1.54) is 6.39 Å². The van der Waals surface area contributed by atoms with Crippen molar-refractivity contribution in [2.45, 2.75) is 13.0 Å². The van der Waals surface area contributed by atoms with E-state index in [2.05, 4.69) is 14.7 Å².